The van der Waals surface area contributed by atoms with Crippen molar-refractivity contribution in [2.75, 3.05) is 11.1 Å². The van der Waals surface area contributed by atoms with Gasteiger partial charge < -0.3 is 11.1 Å². The molecule has 7 heteroatoms. The molecule has 0 amide bonds. The van der Waals surface area contributed by atoms with Crippen molar-refractivity contribution in [1.29, 1.82) is 0 Å². The Bertz CT molecular complexity index is 759. The van der Waals surface area contributed by atoms with Gasteiger partial charge in [-0.15, -0.1) is 0 Å². The summed E-state index contributed by atoms with van der Waals surface area (Å²) in [4.78, 5) is 0. The molecule has 4 nitrogen and oxygen atoms in total. The van der Waals surface area contributed by atoms with E-state index in [0.717, 1.165) is 38.6 Å². The molecule has 0 aliphatic carbocycles. The second kappa shape index (κ2) is 4.96. The van der Waals surface area contributed by atoms with E-state index in [0.29, 0.717) is 10.7 Å². The zero-order valence-electron chi connectivity index (χ0n) is 9.52. The van der Waals surface area contributed by atoms with Gasteiger partial charge >= 0.3 is 0 Å². The molecule has 1 heterocycles. The summed E-state index contributed by atoms with van der Waals surface area (Å²) >= 11 is 10.7. The third-order valence-electron chi connectivity index (χ3n) is 2.65. The maximum Gasteiger partial charge on any atom is 0.129 e. The zero-order chi connectivity index (χ0) is 13.4. The molecule has 0 saturated carbocycles. The van der Waals surface area contributed by atoms with Crippen molar-refractivity contribution in [3.05, 3.63) is 39.8 Å². The zero-order valence-corrected chi connectivity index (χ0v) is 12.7. The van der Waals surface area contributed by atoms with Gasteiger partial charge in [-0.2, -0.15) is 8.75 Å². The van der Waals surface area contributed by atoms with Crippen LogP contribution in [0, 0.1) is 0 Å². The highest BCUT2D eigenvalue weighted by molar-refractivity contribution is 9.10. The van der Waals surface area contributed by atoms with Crippen LogP contribution in [0.4, 0.5) is 17.1 Å². The Balaban J connectivity index is 2.10. The molecule has 3 N–H and O–H groups in total. The first-order chi connectivity index (χ1) is 9.15. The van der Waals surface area contributed by atoms with Crippen LogP contribution in [-0.2, 0) is 0 Å². The fourth-order valence-corrected chi connectivity index (χ4v) is 2.85. The number of aromatic nitrogens is 2. The minimum Gasteiger partial charge on any atom is -0.397 e. The average Bonchev–Trinajstić information content (AvgIpc) is 2.84. The average molecular weight is 356 g/mol. The van der Waals surface area contributed by atoms with E-state index < -0.39 is 0 Å². The minimum absolute atomic E-state index is 0.586. The van der Waals surface area contributed by atoms with Gasteiger partial charge in [-0.3, -0.25) is 0 Å². The van der Waals surface area contributed by atoms with Crippen LogP contribution in [0.1, 0.15) is 0 Å². The molecule has 1 aromatic heterocycles. The van der Waals surface area contributed by atoms with E-state index in [9.17, 15) is 0 Å². The van der Waals surface area contributed by atoms with Crippen LogP contribution in [0.2, 0.25) is 5.02 Å². The second-order valence-corrected chi connectivity index (χ2v) is 5.76. The van der Waals surface area contributed by atoms with Crippen molar-refractivity contribution in [2.45, 2.75) is 0 Å². The van der Waals surface area contributed by atoms with E-state index in [1.807, 2.05) is 24.3 Å². The molecule has 0 aliphatic rings. The van der Waals surface area contributed by atoms with Crippen molar-refractivity contribution in [3.8, 4) is 0 Å². The molecule has 0 aliphatic heterocycles. The highest BCUT2D eigenvalue weighted by atomic mass is 79.9. The van der Waals surface area contributed by atoms with Crippen LogP contribution in [0.25, 0.3) is 11.0 Å². The van der Waals surface area contributed by atoms with Gasteiger partial charge in [0.05, 0.1) is 33.8 Å². The van der Waals surface area contributed by atoms with E-state index in [-0.39, 0.29) is 0 Å². The summed E-state index contributed by atoms with van der Waals surface area (Å²) in [6, 6.07) is 9.26. The van der Waals surface area contributed by atoms with Gasteiger partial charge in [0.25, 0.3) is 0 Å². The Morgan fingerprint density at radius 3 is 2.84 bits per heavy atom. The van der Waals surface area contributed by atoms with Crippen LogP contribution < -0.4 is 11.1 Å². The topological polar surface area (TPSA) is 63.8 Å². The second-order valence-electron chi connectivity index (χ2n) is 3.91. The van der Waals surface area contributed by atoms with Crippen molar-refractivity contribution in [2.24, 2.45) is 0 Å². The Hall–Kier alpha value is -1.37. The lowest BCUT2D eigenvalue weighted by Crippen LogP contribution is -1.97. The highest BCUT2D eigenvalue weighted by Gasteiger charge is 2.11. The molecule has 3 aromatic rings. The number of fused-ring (bicyclic) bond motifs is 1. The lowest BCUT2D eigenvalue weighted by Gasteiger charge is -2.11. The number of nitrogens with zero attached hydrogens (tertiary/aromatic N) is 2. The minimum atomic E-state index is 0.586. The Morgan fingerprint density at radius 2 is 2.05 bits per heavy atom. The van der Waals surface area contributed by atoms with E-state index in [1.54, 1.807) is 6.07 Å². The van der Waals surface area contributed by atoms with Crippen molar-refractivity contribution >= 4 is 67.4 Å². The van der Waals surface area contributed by atoms with Gasteiger partial charge in [0.1, 0.15) is 11.0 Å². The Morgan fingerprint density at radius 1 is 1.21 bits per heavy atom. The smallest absolute Gasteiger partial charge is 0.129 e. The van der Waals surface area contributed by atoms with E-state index >= 15 is 0 Å². The molecule has 0 bridgehead atoms. The fourth-order valence-electron chi connectivity index (χ4n) is 1.73. The SMILES string of the molecule is Nc1cc(Br)ccc1Nc1c(Cl)ccc2nsnc12. The summed E-state index contributed by atoms with van der Waals surface area (Å²) in [6.07, 6.45) is 0. The normalized spacial score (nSPS) is 10.8. The van der Waals surface area contributed by atoms with E-state index in [1.165, 1.54) is 0 Å². The fraction of sp³-hybridized carbons (Fsp3) is 0. The number of benzene rings is 2. The molecule has 3 rings (SSSR count). The standard InChI is InChI=1S/C12H8BrClN4S/c13-6-1-3-9(8(15)5-6)16-11-7(14)2-4-10-12(11)18-19-17-10/h1-5,16H,15H2. The number of rotatable bonds is 2. The monoisotopic (exact) mass is 354 g/mol. The molecule has 96 valence electrons. The predicted molar refractivity (Wildman–Crippen MR) is 84.3 cm³/mol. The largest absolute Gasteiger partial charge is 0.397 e. The lowest BCUT2D eigenvalue weighted by molar-refractivity contribution is 1.53. The molecule has 0 radical (unpaired) electrons. The first-order valence-electron chi connectivity index (χ1n) is 5.38. The summed E-state index contributed by atoms with van der Waals surface area (Å²) < 4.78 is 9.37. The summed E-state index contributed by atoms with van der Waals surface area (Å²) in [5.41, 5.74) is 9.67. The maximum absolute atomic E-state index is 6.22. The molecule has 0 unspecified atom stereocenters. The number of hydrogen-bond acceptors (Lipinski definition) is 5. The van der Waals surface area contributed by atoms with E-state index in [4.69, 9.17) is 17.3 Å². The van der Waals surface area contributed by atoms with Crippen molar-refractivity contribution in [3.63, 3.8) is 0 Å². The maximum atomic E-state index is 6.22. The summed E-state index contributed by atoms with van der Waals surface area (Å²) in [7, 11) is 0. The summed E-state index contributed by atoms with van der Waals surface area (Å²) in [6.45, 7) is 0. The molecular formula is C12H8BrClN4S. The van der Waals surface area contributed by atoms with Gasteiger partial charge in [-0.05, 0) is 30.3 Å². The van der Waals surface area contributed by atoms with Crippen LogP contribution in [-0.4, -0.2) is 8.75 Å². The van der Waals surface area contributed by atoms with Crippen molar-refractivity contribution in [1.82, 2.24) is 8.75 Å². The summed E-state index contributed by atoms with van der Waals surface area (Å²) in [5, 5.41) is 3.81. The number of nitrogens with one attached hydrogen (secondary N) is 1. The van der Waals surface area contributed by atoms with Gasteiger partial charge in [0.15, 0.2) is 0 Å². The summed E-state index contributed by atoms with van der Waals surface area (Å²) in [5.74, 6) is 0. The van der Waals surface area contributed by atoms with Gasteiger partial charge in [-0.25, -0.2) is 0 Å². The Kier molecular flexibility index (Phi) is 3.30. The number of anilines is 3. The van der Waals surface area contributed by atoms with Crippen molar-refractivity contribution < 1.29 is 0 Å². The van der Waals surface area contributed by atoms with Crippen LogP contribution >= 0.6 is 39.3 Å². The molecule has 0 saturated heterocycles. The van der Waals surface area contributed by atoms with Crippen LogP contribution in [0.15, 0.2) is 34.8 Å². The molecule has 0 fully saturated rings. The lowest BCUT2D eigenvalue weighted by atomic mass is 10.2. The number of nitrogens with two attached hydrogens (primary N) is 1. The third kappa shape index (κ3) is 2.39. The van der Waals surface area contributed by atoms with Gasteiger partial charge in [-0.1, -0.05) is 27.5 Å². The molecule has 0 spiro atoms. The van der Waals surface area contributed by atoms with Crippen LogP contribution in [0.5, 0.6) is 0 Å². The highest BCUT2D eigenvalue weighted by Crippen LogP contribution is 2.34. The molecule has 2 aromatic carbocycles. The first kappa shape index (κ1) is 12.7. The quantitative estimate of drug-likeness (QED) is 0.667. The van der Waals surface area contributed by atoms with E-state index in [2.05, 4.69) is 30.0 Å². The third-order valence-corrected chi connectivity index (χ3v) is 4.00. The number of nitrogen functional groups attached to an aromatic ring is 1. The molecule has 19 heavy (non-hydrogen) atoms. The number of hydrogen-bond donors (Lipinski definition) is 2. The molecular weight excluding hydrogens is 348 g/mol. The van der Waals surface area contributed by atoms with Gasteiger partial charge in [0.2, 0.25) is 0 Å². The van der Waals surface area contributed by atoms with Crippen LogP contribution in [0.3, 0.4) is 0 Å². The number of halogens is 2. The Labute approximate surface area is 127 Å². The molecule has 0 atom stereocenters. The van der Waals surface area contributed by atoms with Gasteiger partial charge in [0, 0.05) is 4.47 Å². The first-order valence-corrected chi connectivity index (χ1v) is 7.28. The predicted octanol–water partition coefficient (Wildman–Crippen LogP) is 4.43.